The normalized spacial score (nSPS) is 24.7. The van der Waals surface area contributed by atoms with Crippen molar-refractivity contribution in [2.24, 2.45) is 23.7 Å². The number of anilines is 1. The molecule has 0 bridgehead atoms. The highest BCUT2D eigenvalue weighted by atomic mass is 35.5. The molecule has 222 valence electrons. The van der Waals surface area contributed by atoms with Crippen molar-refractivity contribution >= 4 is 46.0 Å². The summed E-state index contributed by atoms with van der Waals surface area (Å²) < 4.78 is 10.7. The zero-order valence-corrected chi connectivity index (χ0v) is 24.4. The van der Waals surface area contributed by atoms with Gasteiger partial charge in [0.2, 0.25) is 5.91 Å². The molecular weight excluding hydrogens is 556 g/mol. The summed E-state index contributed by atoms with van der Waals surface area (Å²) in [5, 5.41) is 3.58. The van der Waals surface area contributed by atoms with Crippen LogP contribution in [-0.4, -0.2) is 22.6 Å². The van der Waals surface area contributed by atoms with Crippen molar-refractivity contribution in [1.82, 2.24) is 4.98 Å². The number of Topliss-reactive ketones (excluding diaryl/α,β-unsaturated/α-hetero) is 1. The molecule has 2 aromatic carbocycles. The first-order chi connectivity index (χ1) is 20.3. The third kappa shape index (κ3) is 6.97. The number of amides is 1. The van der Waals surface area contributed by atoms with E-state index in [0.717, 1.165) is 44.1 Å². The van der Waals surface area contributed by atoms with Gasteiger partial charge in [-0.15, -0.1) is 0 Å². The molecule has 3 saturated carbocycles. The summed E-state index contributed by atoms with van der Waals surface area (Å²) in [4.78, 5) is 52.9. The Bertz CT molecular complexity index is 1540. The highest BCUT2D eigenvalue weighted by Crippen LogP contribution is 2.42. The molecule has 0 saturated heterocycles. The van der Waals surface area contributed by atoms with Crippen LogP contribution in [0.25, 0.3) is 11.1 Å². The van der Waals surface area contributed by atoms with Gasteiger partial charge in [-0.05, 0) is 98.1 Å². The summed E-state index contributed by atoms with van der Waals surface area (Å²) in [5.74, 6) is -0.198. The molecule has 8 nitrogen and oxygen atoms in total. The summed E-state index contributed by atoms with van der Waals surface area (Å²) in [6, 6.07) is 11.0. The first-order valence-corrected chi connectivity index (χ1v) is 15.6. The van der Waals surface area contributed by atoms with E-state index >= 15 is 0 Å². The summed E-state index contributed by atoms with van der Waals surface area (Å²) in [6.07, 6.45) is 9.33. The number of esters is 1. The number of ether oxygens (including phenoxy) is 1. The lowest BCUT2D eigenvalue weighted by molar-refractivity contribution is -0.146. The van der Waals surface area contributed by atoms with Crippen LogP contribution in [0.1, 0.15) is 87.7 Å². The molecule has 42 heavy (non-hydrogen) atoms. The fourth-order valence-corrected chi connectivity index (χ4v) is 7.16. The van der Waals surface area contributed by atoms with Crippen molar-refractivity contribution in [2.45, 2.75) is 83.2 Å². The number of hydrogen-bond acceptors (Lipinski definition) is 6. The van der Waals surface area contributed by atoms with Crippen molar-refractivity contribution < 1.29 is 23.5 Å². The number of ketones is 1. The average Bonchev–Trinajstić information content (AvgIpc) is 3.63. The third-order valence-electron chi connectivity index (χ3n) is 9.29. The van der Waals surface area contributed by atoms with Gasteiger partial charge in [-0.2, -0.15) is 0 Å². The number of aromatic amines is 1. The molecule has 3 aliphatic rings. The molecule has 4 unspecified atom stereocenters. The number of benzene rings is 2. The van der Waals surface area contributed by atoms with E-state index in [4.69, 9.17) is 20.8 Å². The van der Waals surface area contributed by atoms with Crippen LogP contribution in [0.3, 0.4) is 0 Å². The highest BCUT2D eigenvalue weighted by molar-refractivity contribution is 6.30. The molecule has 0 radical (unpaired) electrons. The van der Waals surface area contributed by atoms with Gasteiger partial charge >= 0.3 is 11.7 Å². The number of rotatable bonds is 8. The van der Waals surface area contributed by atoms with Crippen LogP contribution in [0.15, 0.2) is 45.6 Å². The van der Waals surface area contributed by atoms with Gasteiger partial charge in [-0.3, -0.25) is 19.4 Å². The van der Waals surface area contributed by atoms with Gasteiger partial charge in [0.25, 0.3) is 0 Å². The second-order valence-electron chi connectivity index (χ2n) is 12.4. The molecule has 3 aromatic rings. The van der Waals surface area contributed by atoms with Crippen LogP contribution in [0, 0.1) is 23.7 Å². The predicted octanol–water partition coefficient (Wildman–Crippen LogP) is 6.91. The second-order valence-corrected chi connectivity index (χ2v) is 12.9. The summed E-state index contributed by atoms with van der Waals surface area (Å²) >= 11 is 6.29. The number of carbonyl (C=O) groups excluding carboxylic acids is 3. The number of H-pyrrole nitrogens is 1. The first kappa shape index (κ1) is 28.7. The number of fused-ring (bicyclic) bond motifs is 1. The van der Waals surface area contributed by atoms with Crippen molar-refractivity contribution in [2.75, 3.05) is 5.32 Å². The number of halogens is 1. The molecule has 1 heterocycles. The Labute approximate surface area is 249 Å². The molecule has 1 aromatic heterocycles. The maximum Gasteiger partial charge on any atom is 0.417 e. The Morgan fingerprint density at radius 3 is 2.67 bits per heavy atom. The topological polar surface area (TPSA) is 118 Å². The van der Waals surface area contributed by atoms with Crippen LogP contribution in [0.4, 0.5) is 5.69 Å². The monoisotopic (exact) mass is 592 g/mol. The Morgan fingerprint density at radius 1 is 1.00 bits per heavy atom. The minimum Gasteiger partial charge on any atom is -0.461 e. The van der Waals surface area contributed by atoms with Gasteiger partial charge < -0.3 is 14.5 Å². The average molecular weight is 593 g/mol. The molecule has 3 aliphatic carbocycles. The van der Waals surface area contributed by atoms with Gasteiger partial charge in [0.15, 0.2) is 5.58 Å². The summed E-state index contributed by atoms with van der Waals surface area (Å²) in [7, 11) is 0. The van der Waals surface area contributed by atoms with E-state index in [1.807, 2.05) is 12.1 Å². The molecule has 1 amide bonds. The highest BCUT2D eigenvalue weighted by Gasteiger charge is 2.41. The predicted molar refractivity (Wildman–Crippen MR) is 159 cm³/mol. The molecule has 9 heteroatoms. The van der Waals surface area contributed by atoms with Gasteiger partial charge in [-0.25, -0.2) is 4.79 Å². The van der Waals surface area contributed by atoms with Crippen LogP contribution in [0.2, 0.25) is 5.02 Å². The van der Waals surface area contributed by atoms with Crippen molar-refractivity contribution in [3.05, 3.63) is 63.1 Å². The molecule has 0 aliphatic heterocycles. The van der Waals surface area contributed by atoms with E-state index in [0.29, 0.717) is 40.6 Å². The Morgan fingerprint density at radius 2 is 1.83 bits per heavy atom. The molecule has 3 fully saturated rings. The van der Waals surface area contributed by atoms with Gasteiger partial charge in [0.1, 0.15) is 12.4 Å². The third-order valence-corrected chi connectivity index (χ3v) is 9.51. The van der Waals surface area contributed by atoms with E-state index in [1.165, 1.54) is 18.4 Å². The summed E-state index contributed by atoms with van der Waals surface area (Å²) in [5.41, 5.74) is 3.64. The molecule has 0 spiro atoms. The van der Waals surface area contributed by atoms with Crippen molar-refractivity contribution in [3.8, 4) is 0 Å². The van der Waals surface area contributed by atoms with Gasteiger partial charge in [-0.1, -0.05) is 30.5 Å². The van der Waals surface area contributed by atoms with Crippen LogP contribution < -0.4 is 11.1 Å². The molecule has 6 rings (SSSR count). The molecule has 4 atom stereocenters. The fraction of sp³-hybridized carbons (Fsp3) is 0.515. The Balaban J connectivity index is 0.993. The van der Waals surface area contributed by atoms with Crippen molar-refractivity contribution in [3.63, 3.8) is 0 Å². The fourth-order valence-electron chi connectivity index (χ4n) is 6.89. The van der Waals surface area contributed by atoms with E-state index in [-0.39, 0.29) is 54.4 Å². The number of aromatic nitrogens is 1. The minimum atomic E-state index is -0.546. The zero-order chi connectivity index (χ0) is 29.2. The lowest BCUT2D eigenvalue weighted by Gasteiger charge is -2.28. The smallest absolute Gasteiger partial charge is 0.417 e. The van der Waals surface area contributed by atoms with Crippen LogP contribution >= 0.6 is 11.6 Å². The largest absolute Gasteiger partial charge is 0.461 e. The van der Waals surface area contributed by atoms with E-state index in [2.05, 4.69) is 16.4 Å². The minimum absolute atomic E-state index is 0.125. The number of carbonyl (C=O) groups is 3. The SMILES string of the molecule is O=C(CC1CCCCC(C2CC(C(=O)Nc3ccc4[nH]c(=O)oc4c3)CC2=O)CC1)OCc1cc(Cl)cc(C2CC2)c1. The molecule has 2 N–H and O–H groups in total. The Kier molecular flexibility index (Phi) is 8.52. The number of hydrogen-bond donors (Lipinski definition) is 2. The lowest BCUT2D eigenvalue weighted by atomic mass is 9.77. The van der Waals surface area contributed by atoms with Crippen LogP contribution in [0.5, 0.6) is 0 Å². The lowest BCUT2D eigenvalue weighted by Crippen LogP contribution is -2.23. The van der Waals surface area contributed by atoms with E-state index < -0.39 is 5.76 Å². The first-order valence-electron chi connectivity index (χ1n) is 15.2. The van der Waals surface area contributed by atoms with Gasteiger partial charge in [0, 0.05) is 41.5 Å². The van der Waals surface area contributed by atoms with Crippen molar-refractivity contribution in [1.29, 1.82) is 0 Å². The van der Waals surface area contributed by atoms with E-state index in [9.17, 15) is 19.2 Å². The number of oxazole rings is 1. The molecular formula is C33H37ClN2O6. The van der Waals surface area contributed by atoms with E-state index in [1.54, 1.807) is 18.2 Å². The second kappa shape index (κ2) is 12.5. The maximum atomic E-state index is 13.1. The van der Waals surface area contributed by atoms with Gasteiger partial charge in [0.05, 0.1) is 5.52 Å². The number of nitrogens with one attached hydrogen (secondary N) is 2. The zero-order valence-electron chi connectivity index (χ0n) is 23.7. The quantitative estimate of drug-likeness (QED) is 0.274. The maximum absolute atomic E-state index is 13.1. The Hall–Kier alpha value is -3.39. The van der Waals surface area contributed by atoms with Crippen LogP contribution in [-0.2, 0) is 25.7 Å². The standard InChI is InChI=1S/C33H37ClN2O6/c34-25-12-20(11-23(14-25)21-7-8-21)18-41-31(38)13-19-3-1-2-4-22(6-5-19)27-15-24(16-29(27)37)32(39)35-26-9-10-28-30(17-26)42-33(40)36-28/h9-12,14,17,19,21-22,24,27H,1-8,13,15-16,18H2,(H,35,39)(H,36,40). The summed E-state index contributed by atoms with van der Waals surface area (Å²) in [6.45, 7) is 0.238.